The summed E-state index contributed by atoms with van der Waals surface area (Å²) in [5.74, 6) is 0.383. The summed E-state index contributed by atoms with van der Waals surface area (Å²) in [6.07, 6.45) is 2.36. The van der Waals surface area contributed by atoms with Gasteiger partial charge in [-0.25, -0.2) is 4.98 Å². The number of carbonyl (C=O) groups is 2. The van der Waals surface area contributed by atoms with E-state index in [4.69, 9.17) is 0 Å². The van der Waals surface area contributed by atoms with Crippen LogP contribution in [0.25, 0.3) is 0 Å². The van der Waals surface area contributed by atoms with Crippen LogP contribution in [0.4, 0.5) is 11.4 Å². The SMILES string of the molecule is CN1C(=O)[C@@H](NC(=O)c2n[nH]c(Cc3ccccc3)n2)CSc2ccc(N3Cc4cccnc4C3)cc21. The van der Waals surface area contributed by atoms with Crippen molar-refractivity contribution in [2.45, 2.75) is 30.4 Å². The molecular weight excluding hydrogens is 486 g/mol. The zero-order valence-electron chi connectivity index (χ0n) is 20.2. The molecule has 0 fully saturated rings. The van der Waals surface area contributed by atoms with Crippen molar-refractivity contribution in [2.75, 3.05) is 22.6 Å². The van der Waals surface area contributed by atoms with Crippen molar-refractivity contribution >= 4 is 35.0 Å². The summed E-state index contributed by atoms with van der Waals surface area (Å²) in [5.41, 5.74) is 5.23. The molecule has 2 N–H and O–H groups in total. The number of fused-ring (bicyclic) bond motifs is 2. The summed E-state index contributed by atoms with van der Waals surface area (Å²) in [6, 6.07) is 19.4. The standard InChI is InChI=1S/C27H25N7O2S/c1-33-22-13-19(34-14-18-8-5-11-28-20(18)15-34)9-10-23(22)37-16-21(27(33)36)29-26(35)25-30-24(31-32-25)12-17-6-3-2-4-7-17/h2-11,13,21H,12,14-16H2,1H3,(H,29,35)(H,30,31,32)/t21-/m0/s1. The van der Waals surface area contributed by atoms with Gasteiger partial charge >= 0.3 is 0 Å². The molecule has 0 radical (unpaired) electrons. The highest BCUT2D eigenvalue weighted by molar-refractivity contribution is 7.99. The summed E-state index contributed by atoms with van der Waals surface area (Å²) in [6.45, 7) is 1.52. The average Bonchev–Trinajstić information content (AvgIpc) is 3.55. The number of thioether (sulfide) groups is 1. The number of aromatic amines is 1. The minimum absolute atomic E-state index is 0.0256. The number of hydrogen-bond acceptors (Lipinski definition) is 7. The van der Waals surface area contributed by atoms with Gasteiger partial charge in [-0.15, -0.1) is 16.9 Å². The van der Waals surface area contributed by atoms with E-state index in [1.807, 2.05) is 54.7 Å². The molecule has 37 heavy (non-hydrogen) atoms. The average molecular weight is 512 g/mol. The number of likely N-dealkylation sites (N-methyl/N-ethyl adjacent to an activating group) is 1. The Kier molecular flexibility index (Phi) is 6.09. The van der Waals surface area contributed by atoms with E-state index < -0.39 is 11.9 Å². The summed E-state index contributed by atoms with van der Waals surface area (Å²) < 4.78 is 0. The van der Waals surface area contributed by atoms with Crippen LogP contribution in [0.3, 0.4) is 0 Å². The largest absolute Gasteiger partial charge is 0.361 e. The second-order valence-corrected chi connectivity index (χ2v) is 10.2. The monoisotopic (exact) mass is 511 g/mol. The number of anilines is 2. The quantitative estimate of drug-likeness (QED) is 0.424. The molecule has 10 heteroatoms. The van der Waals surface area contributed by atoms with E-state index in [9.17, 15) is 9.59 Å². The van der Waals surface area contributed by atoms with Gasteiger partial charge in [-0.2, -0.15) is 0 Å². The Hall–Kier alpha value is -4.18. The third-order valence-corrected chi connectivity index (χ3v) is 7.80. The van der Waals surface area contributed by atoms with Gasteiger partial charge in [0.2, 0.25) is 11.7 Å². The number of hydrogen-bond donors (Lipinski definition) is 2. The lowest BCUT2D eigenvalue weighted by Gasteiger charge is -2.24. The fraction of sp³-hybridized carbons (Fsp3) is 0.222. The molecule has 2 aromatic heterocycles. The number of benzene rings is 2. The molecule has 0 unspecified atom stereocenters. The van der Waals surface area contributed by atoms with Crippen molar-refractivity contribution in [3.8, 4) is 0 Å². The molecule has 2 aliphatic rings. The number of aromatic nitrogens is 4. The first kappa shape index (κ1) is 23.2. The number of amides is 2. The van der Waals surface area contributed by atoms with E-state index in [0.29, 0.717) is 18.0 Å². The molecule has 2 amide bonds. The van der Waals surface area contributed by atoms with Gasteiger partial charge in [0.25, 0.3) is 5.91 Å². The zero-order valence-corrected chi connectivity index (χ0v) is 21.0. The van der Waals surface area contributed by atoms with Crippen LogP contribution in [0.1, 0.15) is 33.3 Å². The van der Waals surface area contributed by atoms with E-state index in [-0.39, 0.29) is 11.7 Å². The van der Waals surface area contributed by atoms with Gasteiger partial charge in [0, 0.05) is 42.5 Å². The van der Waals surface area contributed by atoms with Crippen molar-refractivity contribution in [3.05, 3.63) is 95.3 Å². The van der Waals surface area contributed by atoms with Gasteiger partial charge in [-0.05, 0) is 35.4 Å². The Morgan fingerprint density at radius 3 is 2.84 bits per heavy atom. The summed E-state index contributed by atoms with van der Waals surface area (Å²) in [7, 11) is 1.75. The highest BCUT2D eigenvalue weighted by atomic mass is 32.2. The molecule has 0 saturated carbocycles. The van der Waals surface area contributed by atoms with Crippen LogP contribution in [0.2, 0.25) is 0 Å². The van der Waals surface area contributed by atoms with E-state index in [1.165, 1.54) is 5.56 Å². The summed E-state index contributed by atoms with van der Waals surface area (Å²) in [4.78, 5) is 40.0. The molecule has 4 heterocycles. The second kappa shape index (κ2) is 9.70. The minimum Gasteiger partial charge on any atom is -0.361 e. The van der Waals surface area contributed by atoms with Crippen molar-refractivity contribution in [3.63, 3.8) is 0 Å². The second-order valence-electron chi connectivity index (χ2n) is 9.12. The van der Waals surface area contributed by atoms with Gasteiger partial charge in [0.05, 0.1) is 17.9 Å². The summed E-state index contributed by atoms with van der Waals surface area (Å²) in [5, 5.41) is 9.73. The molecule has 0 spiro atoms. The Morgan fingerprint density at radius 2 is 2.00 bits per heavy atom. The molecule has 2 aromatic carbocycles. The van der Waals surface area contributed by atoms with Crippen LogP contribution in [-0.4, -0.2) is 50.8 Å². The lowest BCUT2D eigenvalue weighted by molar-refractivity contribution is -0.119. The van der Waals surface area contributed by atoms with E-state index >= 15 is 0 Å². The maximum Gasteiger partial charge on any atom is 0.291 e. The number of H-pyrrole nitrogens is 1. The number of rotatable bonds is 5. The highest BCUT2D eigenvalue weighted by Gasteiger charge is 2.32. The first-order valence-corrected chi connectivity index (χ1v) is 13.0. The van der Waals surface area contributed by atoms with Gasteiger partial charge in [-0.3, -0.25) is 19.7 Å². The highest BCUT2D eigenvalue weighted by Crippen LogP contribution is 2.38. The molecule has 186 valence electrons. The Morgan fingerprint density at radius 1 is 1.14 bits per heavy atom. The van der Waals surface area contributed by atoms with Crippen molar-refractivity contribution in [2.24, 2.45) is 0 Å². The van der Waals surface area contributed by atoms with Crippen LogP contribution in [0.5, 0.6) is 0 Å². The maximum atomic E-state index is 13.4. The van der Waals surface area contributed by atoms with Crippen molar-refractivity contribution in [1.82, 2.24) is 25.5 Å². The number of pyridine rings is 1. The molecule has 2 aliphatic heterocycles. The topological polar surface area (TPSA) is 107 Å². The van der Waals surface area contributed by atoms with Crippen LogP contribution >= 0.6 is 11.8 Å². The number of nitrogens with one attached hydrogen (secondary N) is 2. The molecule has 9 nitrogen and oxygen atoms in total. The number of carbonyl (C=O) groups excluding carboxylic acids is 2. The maximum absolute atomic E-state index is 13.4. The molecule has 0 aliphatic carbocycles. The fourth-order valence-corrected chi connectivity index (χ4v) is 5.74. The van der Waals surface area contributed by atoms with Gasteiger partial charge in [-0.1, -0.05) is 36.4 Å². The minimum atomic E-state index is -0.699. The first-order valence-electron chi connectivity index (χ1n) is 12.0. The van der Waals surface area contributed by atoms with E-state index in [1.54, 1.807) is 23.7 Å². The predicted molar refractivity (Wildman–Crippen MR) is 142 cm³/mol. The molecule has 0 bridgehead atoms. The van der Waals surface area contributed by atoms with Crippen molar-refractivity contribution < 1.29 is 9.59 Å². The van der Waals surface area contributed by atoms with Gasteiger partial charge in [0.15, 0.2) is 0 Å². The zero-order chi connectivity index (χ0) is 25.4. The van der Waals surface area contributed by atoms with Crippen molar-refractivity contribution in [1.29, 1.82) is 0 Å². The van der Waals surface area contributed by atoms with Crippen LogP contribution in [-0.2, 0) is 24.3 Å². The third kappa shape index (κ3) is 4.67. The molecule has 1 atom stereocenters. The van der Waals surface area contributed by atoms with E-state index in [2.05, 4.69) is 42.5 Å². The van der Waals surface area contributed by atoms with Gasteiger partial charge < -0.3 is 15.1 Å². The Labute approximate surface area is 218 Å². The molecule has 6 rings (SSSR count). The first-order chi connectivity index (χ1) is 18.0. The summed E-state index contributed by atoms with van der Waals surface area (Å²) >= 11 is 1.55. The Balaban J connectivity index is 1.14. The Bertz CT molecular complexity index is 1450. The lowest BCUT2D eigenvalue weighted by atomic mass is 10.1. The smallest absolute Gasteiger partial charge is 0.291 e. The normalized spacial score (nSPS) is 16.8. The van der Waals surface area contributed by atoms with Crippen LogP contribution < -0.4 is 15.1 Å². The predicted octanol–water partition coefficient (Wildman–Crippen LogP) is 3.18. The van der Waals surface area contributed by atoms with Gasteiger partial charge in [0.1, 0.15) is 11.9 Å². The fourth-order valence-electron chi connectivity index (χ4n) is 4.66. The molecule has 0 saturated heterocycles. The number of nitrogens with zero attached hydrogens (tertiary/aromatic N) is 5. The third-order valence-electron chi connectivity index (χ3n) is 6.64. The van der Waals surface area contributed by atoms with Crippen LogP contribution in [0, 0.1) is 0 Å². The van der Waals surface area contributed by atoms with Crippen LogP contribution in [0.15, 0.2) is 71.8 Å². The molecular formula is C27H25N7O2S. The molecule has 4 aromatic rings. The van der Waals surface area contributed by atoms with E-state index in [0.717, 1.165) is 40.6 Å². The lowest BCUT2D eigenvalue weighted by Crippen LogP contribution is -2.48.